The van der Waals surface area contributed by atoms with E-state index in [2.05, 4.69) is 0 Å². The van der Waals surface area contributed by atoms with Gasteiger partial charge in [0.05, 0.1) is 0 Å². The Bertz CT molecular complexity index is 121. The number of carboxylic acids is 2. The Balaban J connectivity index is 0. The van der Waals surface area contributed by atoms with E-state index in [1.165, 1.54) is 0 Å². The minimum absolute atomic E-state index is 0.0632. The summed E-state index contributed by atoms with van der Waals surface area (Å²) in [6, 6.07) is 0. The van der Waals surface area contributed by atoms with Gasteiger partial charge in [-0.3, -0.25) is 9.59 Å². The summed E-state index contributed by atoms with van der Waals surface area (Å²) < 4.78 is 0. The van der Waals surface area contributed by atoms with Crippen molar-refractivity contribution in [3.63, 3.8) is 0 Å². The second-order valence-electron chi connectivity index (χ2n) is 2.05. The molecule has 0 aromatic heterocycles. The number of hydrogen-bond donors (Lipinski definition) is 3. The van der Waals surface area contributed by atoms with Crippen LogP contribution in [-0.4, -0.2) is 28.7 Å². The Hall–Kier alpha value is -1.10. The van der Waals surface area contributed by atoms with E-state index in [-0.39, 0.29) is 19.3 Å². The lowest BCUT2D eigenvalue weighted by Gasteiger charge is -1.89. The molecule has 5 heteroatoms. The Kier molecular flexibility index (Phi) is 11.1. The zero-order valence-corrected chi connectivity index (χ0v) is 7.12. The second-order valence-corrected chi connectivity index (χ2v) is 2.05. The Labute approximate surface area is 71.2 Å². The highest BCUT2D eigenvalue weighted by Crippen LogP contribution is 1.93. The molecule has 0 aliphatic heterocycles. The summed E-state index contributed by atoms with van der Waals surface area (Å²) in [6.45, 7) is 2.65. The number of nitrogens with two attached hydrogens (primary N) is 1. The molecule has 0 radical (unpaired) electrons. The van der Waals surface area contributed by atoms with Gasteiger partial charge >= 0.3 is 11.9 Å². The summed E-state index contributed by atoms with van der Waals surface area (Å²) in [5.41, 5.74) is 4.85. The Morgan fingerprint density at radius 2 is 1.42 bits per heavy atom. The first kappa shape index (κ1) is 13.5. The van der Waals surface area contributed by atoms with Crippen LogP contribution in [-0.2, 0) is 9.59 Å². The summed E-state index contributed by atoms with van der Waals surface area (Å²) in [4.78, 5) is 19.6. The van der Waals surface area contributed by atoms with Crippen LogP contribution in [0.5, 0.6) is 0 Å². The van der Waals surface area contributed by atoms with Crippen LogP contribution >= 0.6 is 0 Å². The minimum Gasteiger partial charge on any atom is -0.481 e. The molecular formula is C7H15NO4. The largest absolute Gasteiger partial charge is 0.481 e. The smallest absolute Gasteiger partial charge is 0.303 e. The molecule has 0 atom stereocenters. The van der Waals surface area contributed by atoms with E-state index < -0.39 is 11.9 Å². The SMILES string of the molecule is CCN.O=C(O)CCCC(=O)O. The zero-order valence-electron chi connectivity index (χ0n) is 7.12. The highest BCUT2D eigenvalue weighted by Gasteiger charge is 1.99. The standard InChI is InChI=1S/C5H8O4.C2H7N/c6-4(7)2-1-3-5(8)9;1-2-3/h1-3H2,(H,6,7)(H,8,9);2-3H2,1H3. The average molecular weight is 177 g/mol. The third kappa shape index (κ3) is 23.1. The minimum atomic E-state index is -0.948. The summed E-state index contributed by atoms with van der Waals surface area (Å²) in [5.74, 6) is -1.90. The normalized spacial score (nSPS) is 8.17. The van der Waals surface area contributed by atoms with Gasteiger partial charge in [0.15, 0.2) is 0 Å². The molecule has 4 N–H and O–H groups in total. The topological polar surface area (TPSA) is 101 Å². The maximum Gasteiger partial charge on any atom is 0.303 e. The molecule has 0 aliphatic carbocycles. The number of rotatable bonds is 4. The Morgan fingerprint density at radius 1 is 1.17 bits per heavy atom. The van der Waals surface area contributed by atoms with Crippen LogP contribution in [0.3, 0.4) is 0 Å². The van der Waals surface area contributed by atoms with Crippen LogP contribution in [0.2, 0.25) is 0 Å². The van der Waals surface area contributed by atoms with Crippen LogP contribution in [0, 0.1) is 0 Å². The monoisotopic (exact) mass is 177 g/mol. The van der Waals surface area contributed by atoms with Gasteiger partial charge in [0.25, 0.3) is 0 Å². The first-order chi connectivity index (χ1) is 5.54. The molecule has 0 unspecified atom stereocenters. The van der Waals surface area contributed by atoms with Crippen molar-refractivity contribution in [3.05, 3.63) is 0 Å². The quantitative estimate of drug-likeness (QED) is 0.573. The molecule has 0 saturated heterocycles. The molecule has 0 fully saturated rings. The van der Waals surface area contributed by atoms with Crippen LogP contribution in [0.1, 0.15) is 26.2 Å². The van der Waals surface area contributed by atoms with E-state index >= 15 is 0 Å². The van der Waals surface area contributed by atoms with Crippen molar-refractivity contribution in [2.75, 3.05) is 6.54 Å². The van der Waals surface area contributed by atoms with E-state index in [0.717, 1.165) is 6.54 Å². The lowest BCUT2D eigenvalue weighted by molar-refractivity contribution is -0.138. The van der Waals surface area contributed by atoms with E-state index in [0.29, 0.717) is 0 Å². The van der Waals surface area contributed by atoms with E-state index in [1.54, 1.807) is 0 Å². The third-order valence-electron chi connectivity index (χ3n) is 0.781. The van der Waals surface area contributed by atoms with Gasteiger partial charge in [-0.05, 0) is 13.0 Å². The van der Waals surface area contributed by atoms with Gasteiger partial charge in [0, 0.05) is 12.8 Å². The third-order valence-corrected chi connectivity index (χ3v) is 0.781. The average Bonchev–Trinajstić information content (AvgIpc) is 1.87. The van der Waals surface area contributed by atoms with Crippen molar-refractivity contribution in [2.24, 2.45) is 5.73 Å². The summed E-state index contributed by atoms with van der Waals surface area (Å²) in [5, 5.41) is 16.1. The van der Waals surface area contributed by atoms with Gasteiger partial charge < -0.3 is 15.9 Å². The molecule has 5 nitrogen and oxygen atoms in total. The molecular weight excluding hydrogens is 162 g/mol. The van der Waals surface area contributed by atoms with Crippen molar-refractivity contribution in [2.45, 2.75) is 26.2 Å². The van der Waals surface area contributed by atoms with Crippen LogP contribution in [0.25, 0.3) is 0 Å². The van der Waals surface area contributed by atoms with Gasteiger partial charge in [0.1, 0.15) is 0 Å². The summed E-state index contributed by atoms with van der Waals surface area (Å²) in [7, 11) is 0. The maximum atomic E-state index is 9.79. The Morgan fingerprint density at radius 3 is 1.58 bits per heavy atom. The number of hydrogen-bond acceptors (Lipinski definition) is 3. The molecule has 0 bridgehead atoms. The fourth-order valence-electron chi connectivity index (χ4n) is 0.391. The molecule has 12 heavy (non-hydrogen) atoms. The van der Waals surface area contributed by atoms with Crippen molar-refractivity contribution < 1.29 is 19.8 Å². The first-order valence-corrected chi connectivity index (χ1v) is 3.68. The molecule has 0 rings (SSSR count). The molecule has 0 saturated carbocycles. The van der Waals surface area contributed by atoms with Crippen LogP contribution in [0.4, 0.5) is 0 Å². The lowest BCUT2D eigenvalue weighted by atomic mass is 10.2. The summed E-state index contributed by atoms with van der Waals surface area (Å²) >= 11 is 0. The number of aliphatic carboxylic acids is 2. The molecule has 0 amide bonds. The van der Waals surface area contributed by atoms with Crippen LogP contribution < -0.4 is 5.73 Å². The van der Waals surface area contributed by atoms with E-state index in [4.69, 9.17) is 15.9 Å². The summed E-state index contributed by atoms with van der Waals surface area (Å²) in [6.07, 6.45) is 0.0866. The van der Waals surface area contributed by atoms with E-state index in [1.807, 2.05) is 6.92 Å². The van der Waals surface area contributed by atoms with Crippen LogP contribution in [0.15, 0.2) is 0 Å². The molecule has 72 valence electrons. The number of carbonyl (C=O) groups is 2. The maximum absolute atomic E-state index is 9.79. The molecule has 0 aromatic rings. The molecule has 0 aliphatic rings. The zero-order chi connectivity index (χ0) is 9.98. The van der Waals surface area contributed by atoms with Gasteiger partial charge in [-0.2, -0.15) is 0 Å². The first-order valence-electron chi connectivity index (χ1n) is 3.68. The number of carboxylic acid groups (broad SMARTS) is 2. The second kappa shape index (κ2) is 9.90. The fraction of sp³-hybridized carbons (Fsp3) is 0.714. The fourth-order valence-corrected chi connectivity index (χ4v) is 0.391. The van der Waals surface area contributed by atoms with Crippen molar-refractivity contribution in [1.29, 1.82) is 0 Å². The highest BCUT2D eigenvalue weighted by atomic mass is 16.4. The lowest BCUT2D eigenvalue weighted by Crippen LogP contribution is -1.98. The van der Waals surface area contributed by atoms with Gasteiger partial charge in [-0.1, -0.05) is 6.92 Å². The van der Waals surface area contributed by atoms with Crippen molar-refractivity contribution in [1.82, 2.24) is 0 Å². The predicted molar refractivity (Wildman–Crippen MR) is 43.9 cm³/mol. The highest BCUT2D eigenvalue weighted by molar-refractivity contribution is 5.69. The van der Waals surface area contributed by atoms with Crippen molar-refractivity contribution >= 4 is 11.9 Å². The van der Waals surface area contributed by atoms with Gasteiger partial charge in [-0.25, -0.2) is 0 Å². The van der Waals surface area contributed by atoms with Gasteiger partial charge in [-0.15, -0.1) is 0 Å². The molecule has 0 heterocycles. The van der Waals surface area contributed by atoms with Gasteiger partial charge in [0.2, 0.25) is 0 Å². The molecule has 0 aromatic carbocycles. The van der Waals surface area contributed by atoms with Crippen molar-refractivity contribution in [3.8, 4) is 0 Å². The molecule has 0 spiro atoms. The van der Waals surface area contributed by atoms with E-state index in [9.17, 15) is 9.59 Å². The predicted octanol–water partition coefficient (Wildman–Crippen LogP) is 0.291.